The molecule has 0 atom stereocenters. The van der Waals surface area contributed by atoms with Gasteiger partial charge in [-0.15, -0.1) is 0 Å². The third-order valence-electron chi connectivity index (χ3n) is 1.12. The van der Waals surface area contributed by atoms with E-state index in [0.29, 0.717) is 9.77 Å². The second-order valence-electron chi connectivity index (χ2n) is 1.99. The Bertz CT molecular complexity index is 299. The van der Waals surface area contributed by atoms with Gasteiger partial charge >= 0.3 is 6.18 Å². The second kappa shape index (κ2) is 3.37. The molecule has 0 aliphatic carbocycles. The highest BCUT2D eigenvalue weighted by Crippen LogP contribution is 2.30. The van der Waals surface area contributed by atoms with Crippen molar-refractivity contribution in [1.29, 1.82) is 0 Å². The Labute approximate surface area is 85.1 Å². The van der Waals surface area contributed by atoms with E-state index in [-0.39, 0.29) is 5.15 Å². The fourth-order valence-corrected chi connectivity index (χ4v) is 1.15. The van der Waals surface area contributed by atoms with E-state index in [4.69, 9.17) is 11.6 Å². The topological polar surface area (TPSA) is 12.9 Å². The molecule has 0 spiro atoms. The molecule has 0 aromatic carbocycles. The molecule has 1 rings (SSSR count). The molecule has 0 aliphatic heterocycles. The maximum Gasteiger partial charge on any atom is 0.417 e. The lowest BCUT2D eigenvalue weighted by Gasteiger charge is -2.05. The number of hydrogen-bond acceptors (Lipinski definition) is 1. The van der Waals surface area contributed by atoms with E-state index < -0.39 is 11.7 Å². The first-order valence-corrected chi connectivity index (χ1v) is 4.25. The highest BCUT2D eigenvalue weighted by Gasteiger charge is 2.31. The molecule has 0 radical (unpaired) electrons. The van der Waals surface area contributed by atoms with Gasteiger partial charge in [0, 0.05) is 6.20 Å². The van der Waals surface area contributed by atoms with Gasteiger partial charge in [-0.2, -0.15) is 13.2 Å². The summed E-state index contributed by atoms with van der Waals surface area (Å²) >= 11 is 7.14. The minimum absolute atomic E-state index is 0.0867. The molecule has 12 heavy (non-hydrogen) atoms. The van der Waals surface area contributed by atoms with E-state index in [1.165, 1.54) is 0 Å². The van der Waals surface area contributed by atoms with Crippen LogP contribution >= 0.6 is 34.2 Å². The maximum atomic E-state index is 12.0. The monoisotopic (exact) mass is 307 g/mol. The molecule has 0 unspecified atom stereocenters. The first-order chi connectivity index (χ1) is 5.41. The summed E-state index contributed by atoms with van der Waals surface area (Å²) in [6.45, 7) is 0. The largest absolute Gasteiger partial charge is 0.417 e. The molecule has 0 saturated heterocycles. The van der Waals surface area contributed by atoms with Crippen molar-refractivity contribution in [2.45, 2.75) is 6.18 Å². The van der Waals surface area contributed by atoms with E-state index >= 15 is 0 Å². The van der Waals surface area contributed by atoms with Gasteiger partial charge in [0.1, 0.15) is 5.15 Å². The average molecular weight is 307 g/mol. The number of pyridine rings is 1. The second-order valence-corrected chi connectivity index (χ2v) is 3.51. The van der Waals surface area contributed by atoms with Crippen LogP contribution in [0.3, 0.4) is 0 Å². The maximum absolute atomic E-state index is 12.0. The van der Waals surface area contributed by atoms with Crippen molar-refractivity contribution in [3.63, 3.8) is 0 Å². The zero-order chi connectivity index (χ0) is 9.35. The van der Waals surface area contributed by atoms with E-state index in [9.17, 15) is 13.2 Å². The van der Waals surface area contributed by atoms with Crippen molar-refractivity contribution in [2.24, 2.45) is 0 Å². The van der Waals surface area contributed by atoms with Crippen molar-refractivity contribution in [3.05, 3.63) is 26.5 Å². The van der Waals surface area contributed by atoms with Gasteiger partial charge in [0.25, 0.3) is 0 Å². The molecule has 1 aromatic rings. The van der Waals surface area contributed by atoms with Crippen LogP contribution in [0.4, 0.5) is 13.2 Å². The molecule has 66 valence electrons. The first-order valence-electron chi connectivity index (χ1n) is 2.79. The Balaban J connectivity index is 3.14. The summed E-state index contributed by atoms with van der Waals surface area (Å²) in [4.78, 5) is 3.38. The number of halogens is 5. The number of alkyl halides is 3. The lowest BCUT2D eigenvalue weighted by Crippen LogP contribution is -2.05. The fourth-order valence-electron chi connectivity index (χ4n) is 0.576. The summed E-state index contributed by atoms with van der Waals surface area (Å²) in [5, 5.41) is 0.0867. The van der Waals surface area contributed by atoms with Gasteiger partial charge in [-0.25, -0.2) is 4.98 Å². The predicted molar refractivity (Wildman–Crippen MR) is 47.0 cm³/mol. The average Bonchev–Trinajstić information content (AvgIpc) is 1.92. The van der Waals surface area contributed by atoms with Gasteiger partial charge in [-0.3, -0.25) is 0 Å². The van der Waals surface area contributed by atoms with Gasteiger partial charge in [0.15, 0.2) is 0 Å². The zero-order valence-electron chi connectivity index (χ0n) is 5.49. The number of hydrogen-bond donors (Lipinski definition) is 0. The minimum Gasteiger partial charge on any atom is -0.243 e. The van der Waals surface area contributed by atoms with Crippen molar-refractivity contribution >= 4 is 34.2 Å². The normalized spacial score (nSPS) is 11.8. The number of aromatic nitrogens is 1. The zero-order valence-corrected chi connectivity index (χ0v) is 8.41. The molecule has 1 heterocycles. The van der Waals surface area contributed by atoms with Crippen molar-refractivity contribution < 1.29 is 13.2 Å². The highest BCUT2D eigenvalue weighted by atomic mass is 127. The highest BCUT2D eigenvalue weighted by molar-refractivity contribution is 14.1. The molecule has 1 nitrogen and oxygen atoms in total. The standard InChI is InChI=1S/C6H2ClF3IN/c7-5-4(11)1-3(2-12-5)6(8,9)10/h1-2H. The SMILES string of the molecule is FC(F)(F)c1cnc(Cl)c(I)c1. The van der Waals surface area contributed by atoms with Crippen LogP contribution in [0.25, 0.3) is 0 Å². The van der Waals surface area contributed by atoms with Gasteiger partial charge in [0.2, 0.25) is 0 Å². The Kier molecular flexibility index (Phi) is 2.82. The van der Waals surface area contributed by atoms with Crippen molar-refractivity contribution in [3.8, 4) is 0 Å². The van der Waals surface area contributed by atoms with Crippen molar-refractivity contribution in [2.75, 3.05) is 0 Å². The fraction of sp³-hybridized carbons (Fsp3) is 0.167. The van der Waals surface area contributed by atoms with Crippen LogP contribution in [0.2, 0.25) is 5.15 Å². The molecule has 0 N–H and O–H groups in total. The molecule has 0 fully saturated rings. The predicted octanol–water partition coefficient (Wildman–Crippen LogP) is 3.36. The Morgan fingerprint density at radius 1 is 1.42 bits per heavy atom. The van der Waals surface area contributed by atoms with Gasteiger partial charge in [-0.05, 0) is 28.7 Å². The number of rotatable bonds is 0. The Morgan fingerprint density at radius 2 is 2.00 bits per heavy atom. The summed E-state index contributed by atoms with van der Waals surface area (Å²) in [7, 11) is 0. The summed E-state index contributed by atoms with van der Waals surface area (Å²) in [5.74, 6) is 0. The van der Waals surface area contributed by atoms with E-state index in [1.54, 1.807) is 22.6 Å². The van der Waals surface area contributed by atoms with Gasteiger partial charge in [0.05, 0.1) is 9.13 Å². The van der Waals surface area contributed by atoms with Crippen LogP contribution in [0.1, 0.15) is 5.56 Å². The molecule has 6 heteroatoms. The van der Waals surface area contributed by atoms with Crippen LogP contribution in [0.5, 0.6) is 0 Å². The molecular formula is C6H2ClF3IN. The lowest BCUT2D eigenvalue weighted by molar-refractivity contribution is -0.137. The lowest BCUT2D eigenvalue weighted by atomic mass is 10.3. The first kappa shape index (κ1) is 10.0. The van der Waals surface area contributed by atoms with Crippen LogP contribution in [0.15, 0.2) is 12.3 Å². The van der Waals surface area contributed by atoms with E-state index in [1.807, 2.05) is 0 Å². The van der Waals surface area contributed by atoms with E-state index in [2.05, 4.69) is 4.98 Å². The molecule has 1 aromatic heterocycles. The van der Waals surface area contributed by atoms with Crippen LogP contribution < -0.4 is 0 Å². The summed E-state index contributed by atoms with van der Waals surface area (Å²) < 4.78 is 36.3. The van der Waals surface area contributed by atoms with Crippen LogP contribution in [-0.2, 0) is 6.18 Å². The molecule has 0 amide bonds. The summed E-state index contributed by atoms with van der Waals surface area (Å²) in [5.41, 5.74) is -0.781. The third kappa shape index (κ3) is 2.22. The smallest absolute Gasteiger partial charge is 0.243 e. The molecule has 0 bridgehead atoms. The molecule has 0 aliphatic rings. The van der Waals surface area contributed by atoms with Crippen molar-refractivity contribution in [1.82, 2.24) is 4.98 Å². The third-order valence-corrected chi connectivity index (χ3v) is 2.57. The quantitative estimate of drug-likeness (QED) is 0.529. The van der Waals surface area contributed by atoms with Crippen LogP contribution in [0, 0.1) is 3.57 Å². The number of nitrogens with zero attached hydrogens (tertiary/aromatic N) is 1. The Morgan fingerprint density at radius 3 is 2.42 bits per heavy atom. The van der Waals surface area contributed by atoms with E-state index in [0.717, 1.165) is 6.07 Å². The molecular weight excluding hydrogens is 305 g/mol. The summed E-state index contributed by atoms with van der Waals surface area (Å²) in [6, 6.07) is 0.954. The molecule has 0 saturated carbocycles. The van der Waals surface area contributed by atoms with Gasteiger partial charge < -0.3 is 0 Å². The minimum atomic E-state index is -4.35. The van der Waals surface area contributed by atoms with Crippen LogP contribution in [-0.4, -0.2) is 4.98 Å². The van der Waals surface area contributed by atoms with Gasteiger partial charge in [-0.1, -0.05) is 11.6 Å². The summed E-state index contributed by atoms with van der Waals surface area (Å²) in [6.07, 6.45) is -3.64. The Hall–Kier alpha value is -0.0400.